The maximum Gasteiger partial charge on any atom is 0.427 e. The van der Waals surface area contributed by atoms with Crippen molar-refractivity contribution in [3.8, 4) is 0 Å². The average Bonchev–Trinajstić information content (AvgIpc) is 2.90. The van der Waals surface area contributed by atoms with Gasteiger partial charge in [0, 0.05) is 32.2 Å². The quantitative estimate of drug-likeness (QED) is 0.924. The van der Waals surface area contributed by atoms with Gasteiger partial charge in [0.05, 0.1) is 12.8 Å². The standard InChI is InChI=1S/C12H18F3N3OS/c1-2-9(8-19)17-3-5-18(6-4-17)11-16-7-10(20-11)12(13,14)15/h7,9,19H,2-6,8H2,1H3/t9-/m0/s1. The largest absolute Gasteiger partial charge is 0.427 e. The summed E-state index contributed by atoms with van der Waals surface area (Å²) < 4.78 is 37.6. The van der Waals surface area contributed by atoms with Crippen molar-refractivity contribution < 1.29 is 18.3 Å². The molecule has 1 aliphatic rings. The van der Waals surface area contributed by atoms with E-state index < -0.39 is 11.1 Å². The zero-order chi connectivity index (χ0) is 14.8. The van der Waals surface area contributed by atoms with Gasteiger partial charge in [0.15, 0.2) is 5.13 Å². The van der Waals surface area contributed by atoms with E-state index in [0.29, 0.717) is 29.6 Å². The van der Waals surface area contributed by atoms with E-state index in [2.05, 4.69) is 9.88 Å². The van der Waals surface area contributed by atoms with E-state index in [9.17, 15) is 18.3 Å². The van der Waals surface area contributed by atoms with Crippen LogP contribution in [0.5, 0.6) is 0 Å². The SMILES string of the molecule is CC[C@@H](CO)N1CCN(c2ncc(C(F)(F)F)s2)CC1. The van der Waals surface area contributed by atoms with Crippen molar-refractivity contribution in [1.29, 1.82) is 0 Å². The molecule has 0 radical (unpaired) electrons. The Morgan fingerprint density at radius 1 is 1.35 bits per heavy atom. The van der Waals surface area contributed by atoms with Crippen LogP contribution in [0.15, 0.2) is 6.20 Å². The zero-order valence-electron chi connectivity index (χ0n) is 11.2. The third-order valence-electron chi connectivity index (χ3n) is 3.56. The van der Waals surface area contributed by atoms with Crippen molar-refractivity contribution in [1.82, 2.24) is 9.88 Å². The highest BCUT2D eigenvalue weighted by molar-refractivity contribution is 7.15. The highest BCUT2D eigenvalue weighted by Gasteiger charge is 2.34. The van der Waals surface area contributed by atoms with Gasteiger partial charge in [-0.05, 0) is 6.42 Å². The lowest BCUT2D eigenvalue weighted by molar-refractivity contribution is -0.134. The summed E-state index contributed by atoms with van der Waals surface area (Å²) in [6, 6.07) is 0.138. The van der Waals surface area contributed by atoms with Crippen LogP contribution in [0, 0.1) is 0 Å². The number of nitrogens with zero attached hydrogens (tertiary/aromatic N) is 3. The Morgan fingerprint density at radius 3 is 2.45 bits per heavy atom. The lowest BCUT2D eigenvalue weighted by Gasteiger charge is -2.38. The molecule has 0 spiro atoms. The maximum absolute atomic E-state index is 12.5. The number of alkyl halides is 3. The first-order valence-corrected chi connectivity index (χ1v) is 7.40. The molecule has 1 N–H and O–H groups in total. The molecular formula is C12H18F3N3OS. The second kappa shape index (κ2) is 6.28. The van der Waals surface area contributed by atoms with Crippen LogP contribution in [-0.4, -0.2) is 53.8 Å². The molecule has 114 valence electrons. The van der Waals surface area contributed by atoms with Gasteiger partial charge in [-0.2, -0.15) is 13.2 Å². The fraction of sp³-hybridized carbons (Fsp3) is 0.750. The van der Waals surface area contributed by atoms with Gasteiger partial charge in [-0.3, -0.25) is 4.90 Å². The lowest BCUT2D eigenvalue weighted by atomic mass is 10.2. The predicted octanol–water partition coefficient (Wildman–Crippen LogP) is 2.05. The van der Waals surface area contributed by atoms with Gasteiger partial charge in [-0.15, -0.1) is 0 Å². The summed E-state index contributed by atoms with van der Waals surface area (Å²) in [4.78, 5) is 7.27. The van der Waals surface area contributed by atoms with Crippen LogP contribution in [0.2, 0.25) is 0 Å². The molecule has 0 amide bonds. The van der Waals surface area contributed by atoms with E-state index in [-0.39, 0.29) is 12.6 Å². The van der Waals surface area contributed by atoms with E-state index in [4.69, 9.17) is 0 Å². The van der Waals surface area contributed by atoms with E-state index in [1.165, 1.54) is 0 Å². The third kappa shape index (κ3) is 3.42. The van der Waals surface area contributed by atoms with E-state index in [0.717, 1.165) is 25.7 Å². The molecule has 1 saturated heterocycles. The van der Waals surface area contributed by atoms with Gasteiger partial charge in [-0.25, -0.2) is 4.98 Å². The zero-order valence-corrected chi connectivity index (χ0v) is 12.0. The molecule has 4 nitrogen and oxygen atoms in total. The predicted molar refractivity (Wildman–Crippen MR) is 72.1 cm³/mol. The summed E-state index contributed by atoms with van der Waals surface area (Å²) in [5.41, 5.74) is 0. The molecule has 2 heterocycles. The summed E-state index contributed by atoms with van der Waals surface area (Å²) in [5, 5.41) is 9.69. The molecule has 8 heteroatoms. The minimum Gasteiger partial charge on any atom is -0.395 e. The second-order valence-corrected chi connectivity index (χ2v) is 5.78. The first kappa shape index (κ1) is 15.5. The molecule has 1 fully saturated rings. The number of aliphatic hydroxyl groups is 1. The third-order valence-corrected chi connectivity index (χ3v) is 4.66. The number of piperazine rings is 1. The number of hydrogen-bond donors (Lipinski definition) is 1. The molecule has 0 aliphatic carbocycles. The Hall–Kier alpha value is -0.860. The number of thiazole rings is 1. The van der Waals surface area contributed by atoms with Crippen molar-refractivity contribution in [2.24, 2.45) is 0 Å². The number of hydrogen-bond acceptors (Lipinski definition) is 5. The Kier molecular flexibility index (Phi) is 4.87. The van der Waals surface area contributed by atoms with Crippen molar-refractivity contribution in [2.75, 3.05) is 37.7 Å². The Morgan fingerprint density at radius 2 is 2.00 bits per heavy atom. The van der Waals surface area contributed by atoms with Crippen molar-refractivity contribution in [2.45, 2.75) is 25.6 Å². The van der Waals surface area contributed by atoms with Crippen molar-refractivity contribution in [3.05, 3.63) is 11.1 Å². The van der Waals surface area contributed by atoms with E-state index in [1.807, 2.05) is 11.8 Å². The summed E-state index contributed by atoms with van der Waals surface area (Å²) >= 11 is 0.689. The highest BCUT2D eigenvalue weighted by Crippen LogP contribution is 2.36. The molecule has 1 atom stereocenters. The Labute approximate surface area is 119 Å². The van der Waals surface area contributed by atoms with E-state index in [1.54, 1.807) is 0 Å². The summed E-state index contributed by atoms with van der Waals surface area (Å²) in [5.74, 6) is 0. The van der Waals surface area contributed by atoms with Gasteiger partial charge >= 0.3 is 6.18 Å². The molecule has 2 rings (SSSR count). The second-order valence-electron chi connectivity index (χ2n) is 4.77. The first-order chi connectivity index (χ1) is 9.45. The van der Waals surface area contributed by atoms with Crippen LogP contribution in [0.4, 0.5) is 18.3 Å². The molecule has 0 unspecified atom stereocenters. The molecule has 0 aromatic carbocycles. The minimum atomic E-state index is -4.32. The molecular weight excluding hydrogens is 291 g/mol. The fourth-order valence-electron chi connectivity index (χ4n) is 2.32. The molecule has 20 heavy (non-hydrogen) atoms. The molecule has 1 aromatic heterocycles. The molecule has 0 saturated carbocycles. The first-order valence-electron chi connectivity index (χ1n) is 6.58. The summed E-state index contributed by atoms with van der Waals surface area (Å²) in [6.07, 6.45) is -2.55. The van der Waals surface area contributed by atoms with Gasteiger partial charge in [0.1, 0.15) is 4.88 Å². The van der Waals surface area contributed by atoms with E-state index >= 15 is 0 Å². The number of halogens is 3. The number of aliphatic hydroxyl groups excluding tert-OH is 1. The average molecular weight is 309 g/mol. The van der Waals surface area contributed by atoms with Crippen LogP contribution < -0.4 is 4.90 Å². The monoisotopic (exact) mass is 309 g/mol. The van der Waals surface area contributed by atoms with Crippen LogP contribution in [0.25, 0.3) is 0 Å². The van der Waals surface area contributed by atoms with Crippen LogP contribution in [0.3, 0.4) is 0 Å². The molecule has 1 aliphatic heterocycles. The van der Waals surface area contributed by atoms with Crippen molar-refractivity contribution >= 4 is 16.5 Å². The van der Waals surface area contributed by atoms with Crippen LogP contribution in [-0.2, 0) is 6.18 Å². The maximum atomic E-state index is 12.5. The fourth-order valence-corrected chi connectivity index (χ4v) is 3.16. The number of rotatable bonds is 4. The Bertz CT molecular complexity index is 426. The smallest absolute Gasteiger partial charge is 0.395 e. The van der Waals surface area contributed by atoms with Crippen molar-refractivity contribution in [3.63, 3.8) is 0 Å². The van der Waals surface area contributed by atoms with Gasteiger partial charge in [0.2, 0.25) is 0 Å². The lowest BCUT2D eigenvalue weighted by Crippen LogP contribution is -2.51. The topological polar surface area (TPSA) is 39.6 Å². The highest BCUT2D eigenvalue weighted by atomic mass is 32.1. The number of anilines is 1. The normalized spacial score (nSPS) is 19.4. The Balaban J connectivity index is 1.95. The van der Waals surface area contributed by atoms with Gasteiger partial charge in [-0.1, -0.05) is 18.3 Å². The molecule has 0 bridgehead atoms. The van der Waals surface area contributed by atoms with Gasteiger partial charge < -0.3 is 10.0 Å². The summed E-state index contributed by atoms with van der Waals surface area (Å²) in [7, 11) is 0. The number of aromatic nitrogens is 1. The van der Waals surface area contributed by atoms with Crippen LogP contribution >= 0.6 is 11.3 Å². The van der Waals surface area contributed by atoms with Gasteiger partial charge in [0.25, 0.3) is 0 Å². The summed E-state index contributed by atoms with van der Waals surface area (Å²) in [6.45, 7) is 4.89. The minimum absolute atomic E-state index is 0.117. The van der Waals surface area contributed by atoms with Crippen LogP contribution in [0.1, 0.15) is 18.2 Å². The molecule has 1 aromatic rings.